The van der Waals surface area contributed by atoms with Crippen LogP contribution in [-0.2, 0) is 12.0 Å². The normalized spacial score (nSPS) is 16.9. The molecule has 28 heavy (non-hydrogen) atoms. The fraction of sp³-hybridized carbons (Fsp3) is 0.500. The van der Waals surface area contributed by atoms with Crippen molar-refractivity contribution < 1.29 is 4.39 Å². The van der Waals surface area contributed by atoms with E-state index in [-0.39, 0.29) is 11.2 Å². The molecule has 3 rings (SSSR count). The molecule has 2 heterocycles. The Bertz CT molecular complexity index is 765. The maximum absolute atomic E-state index is 13.6. The first-order valence-electron chi connectivity index (χ1n) is 9.93. The predicted molar refractivity (Wildman–Crippen MR) is 117 cm³/mol. The third kappa shape index (κ3) is 5.79. The number of hydrogen-bond donors (Lipinski definition) is 2. The lowest BCUT2D eigenvalue weighted by Crippen LogP contribution is -2.50. The number of rotatable bonds is 6. The van der Waals surface area contributed by atoms with Crippen LogP contribution in [0.1, 0.15) is 37.8 Å². The van der Waals surface area contributed by atoms with E-state index in [4.69, 9.17) is 0 Å². The van der Waals surface area contributed by atoms with Crippen molar-refractivity contribution in [1.82, 2.24) is 15.5 Å². The molecule has 0 bridgehead atoms. The number of halogens is 1. The van der Waals surface area contributed by atoms with Gasteiger partial charge in [-0.05, 0) is 52.9 Å². The minimum Gasteiger partial charge on any atom is -0.356 e. The van der Waals surface area contributed by atoms with Crippen LogP contribution in [0, 0.1) is 5.82 Å². The molecule has 0 radical (unpaired) electrons. The number of thiophene rings is 1. The summed E-state index contributed by atoms with van der Waals surface area (Å²) in [6.45, 7) is 8.16. The van der Waals surface area contributed by atoms with Crippen molar-refractivity contribution in [3.63, 3.8) is 0 Å². The van der Waals surface area contributed by atoms with Crippen LogP contribution >= 0.6 is 11.3 Å². The Balaban J connectivity index is 1.46. The highest BCUT2D eigenvalue weighted by atomic mass is 32.1. The lowest BCUT2D eigenvalue weighted by Gasteiger charge is -2.33. The molecule has 1 fully saturated rings. The van der Waals surface area contributed by atoms with E-state index in [1.54, 1.807) is 30.5 Å². The molecule has 0 unspecified atom stereocenters. The van der Waals surface area contributed by atoms with E-state index in [0.29, 0.717) is 12.6 Å². The standard InChI is InChI=1S/C22H31FN4S/c1-22(2,18-5-4-6-19(23)13-18)16-25-21(24-3)26-20-7-10-27(11-8-20)14-17-9-12-28-15-17/h4-6,9,12-13,15,20H,7-8,10-11,14,16H2,1-3H3,(H2,24,25,26). The second kappa shape index (κ2) is 9.52. The first-order valence-corrected chi connectivity index (χ1v) is 10.9. The van der Waals surface area contributed by atoms with Crippen LogP contribution in [0.15, 0.2) is 46.1 Å². The summed E-state index contributed by atoms with van der Waals surface area (Å²) in [4.78, 5) is 6.90. The van der Waals surface area contributed by atoms with Crippen LogP contribution < -0.4 is 10.6 Å². The Morgan fingerprint density at radius 2 is 2.07 bits per heavy atom. The summed E-state index contributed by atoms with van der Waals surface area (Å²) in [5.74, 6) is 0.628. The third-order valence-corrected chi connectivity index (χ3v) is 6.17. The largest absolute Gasteiger partial charge is 0.356 e. The predicted octanol–water partition coefficient (Wildman–Crippen LogP) is 3.99. The number of nitrogens with one attached hydrogen (secondary N) is 2. The molecule has 1 saturated heterocycles. The third-order valence-electron chi connectivity index (χ3n) is 5.44. The molecule has 0 amide bonds. The van der Waals surface area contributed by atoms with E-state index in [2.05, 4.69) is 51.2 Å². The van der Waals surface area contributed by atoms with Gasteiger partial charge in [-0.1, -0.05) is 26.0 Å². The van der Waals surface area contributed by atoms with Gasteiger partial charge in [0.1, 0.15) is 5.82 Å². The Hall–Kier alpha value is -1.92. The van der Waals surface area contributed by atoms with E-state index >= 15 is 0 Å². The van der Waals surface area contributed by atoms with Crippen LogP contribution in [0.4, 0.5) is 4.39 Å². The van der Waals surface area contributed by atoms with Crippen LogP contribution in [0.2, 0.25) is 0 Å². The van der Waals surface area contributed by atoms with Crippen molar-refractivity contribution in [2.24, 2.45) is 4.99 Å². The quantitative estimate of drug-likeness (QED) is 0.567. The highest BCUT2D eigenvalue weighted by molar-refractivity contribution is 7.07. The van der Waals surface area contributed by atoms with Gasteiger partial charge < -0.3 is 10.6 Å². The van der Waals surface area contributed by atoms with E-state index in [1.807, 2.05) is 6.07 Å². The molecule has 0 aliphatic carbocycles. The van der Waals surface area contributed by atoms with Gasteiger partial charge in [0, 0.05) is 44.7 Å². The van der Waals surface area contributed by atoms with Crippen molar-refractivity contribution in [2.45, 2.75) is 44.7 Å². The number of hydrogen-bond acceptors (Lipinski definition) is 3. The van der Waals surface area contributed by atoms with E-state index < -0.39 is 0 Å². The zero-order valence-electron chi connectivity index (χ0n) is 17.0. The van der Waals surface area contributed by atoms with Gasteiger partial charge in [-0.2, -0.15) is 11.3 Å². The lowest BCUT2D eigenvalue weighted by atomic mass is 9.84. The van der Waals surface area contributed by atoms with Crippen molar-refractivity contribution in [3.8, 4) is 0 Å². The molecule has 0 spiro atoms. The number of aliphatic imine (C=N–C) groups is 1. The van der Waals surface area contributed by atoms with Gasteiger partial charge in [-0.25, -0.2) is 4.39 Å². The van der Waals surface area contributed by atoms with Crippen molar-refractivity contribution in [2.75, 3.05) is 26.7 Å². The topological polar surface area (TPSA) is 39.7 Å². The maximum Gasteiger partial charge on any atom is 0.191 e. The minimum absolute atomic E-state index is 0.191. The second-order valence-corrected chi connectivity index (χ2v) is 8.93. The molecular weight excluding hydrogens is 371 g/mol. The van der Waals surface area contributed by atoms with Gasteiger partial charge >= 0.3 is 0 Å². The monoisotopic (exact) mass is 402 g/mol. The average molecular weight is 403 g/mol. The number of piperidine rings is 1. The summed E-state index contributed by atoms with van der Waals surface area (Å²) >= 11 is 1.76. The minimum atomic E-state index is -0.192. The van der Waals surface area contributed by atoms with Crippen molar-refractivity contribution in [1.29, 1.82) is 0 Å². The molecule has 2 N–H and O–H groups in total. The Morgan fingerprint density at radius 1 is 1.29 bits per heavy atom. The van der Waals surface area contributed by atoms with Gasteiger partial charge in [0.25, 0.3) is 0 Å². The molecule has 1 aliphatic heterocycles. The summed E-state index contributed by atoms with van der Waals surface area (Å²) < 4.78 is 13.6. The fourth-order valence-corrected chi connectivity index (χ4v) is 4.24. The van der Waals surface area contributed by atoms with E-state index in [1.165, 1.54) is 11.6 Å². The maximum atomic E-state index is 13.6. The summed E-state index contributed by atoms with van der Waals surface area (Å²) in [5, 5.41) is 11.4. The number of nitrogens with zero attached hydrogens (tertiary/aromatic N) is 2. The first kappa shape index (κ1) is 20.8. The average Bonchev–Trinajstić information content (AvgIpc) is 3.19. The highest BCUT2D eigenvalue weighted by Gasteiger charge is 2.23. The molecule has 4 nitrogen and oxygen atoms in total. The summed E-state index contributed by atoms with van der Waals surface area (Å²) in [6, 6.07) is 9.48. The van der Waals surface area contributed by atoms with Gasteiger partial charge in [-0.3, -0.25) is 9.89 Å². The number of benzene rings is 1. The fourth-order valence-electron chi connectivity index (χ4n) is 3.58. The molecule has 1 aromatic heterocycles. The SMILES string of the molecule is CN=C(NCC(C)(C)c1cccc(F)c1)NC1CCN(Cc2ccsc2)CC1. The zero-order valence-corrected chi connectivity index (χ0v) is 17.9. The van der Waals surface area contributed by atoms with Crippen molar-refractivity contribution >= 4 is 17.3 Å². The second-order valence-electron chi connectivity index (χ2n) is 8.15. The van der Waals surface area contributed by atoms with Crippen LogP contribution in [0.5, 0.6) is 0 Å². The molecule has 2 aromatic rings. The number of guanidine groups is 1. The molecule has 152 valence electrons. The number of likely N-dealkylation sites (tertiary alicyclic amines) is 1. The summed E-state index contributed by atoms with van der Waals surface area (Å²) in [6.07, 6.45) is 2.22. The molecule has 0 saturated carbocycles. The molecule has 6 heteroatoms. The van der Waals surface area contributed by atoms with Crippen molar-refractivity contribution in [3.05, 3.63) is 58.0 Å². The van der Waals surface area contributed by atoms with Gasteiger partial charge in [0.2, 0.25) is 0 Å². The van der Waals surface area contributed by atoms with Crippen LogP contribution in [-0.4, -0.2) is 43.6 Å². The Morgan fingerprint density at radius 3 is 2.71 bits per heavy atom. The van der Waals surface area contributed by atoms with E-state index in [0.717, 1.165) is 44.0 Å². The van der Waals surface area contributed by atoms with E-state index in [9.17, 15) is 4.39 Å². The highest BCUT2D eigenvalue weighted by Crippen LogP contribution is 2.23. The van der Waals surface area contributed by atoms with Gasteiger partial charge in [-0.15, -0.1) is 0 Å². The smallest absolute Gasteiger partial charge is 0.191 e. The molecule has 1 aromatic carbocycles. The molecule has 1 aliphatic rings. The zero-order chi connectivity index (χ0) is 20.0. The van der Waals surface area contributed by atoms with Crippen LogP contribution in [0.25, 0.3) is 0 Å². The summed E-state index contributed by atoms with van der Waals surface area (Å²) in [7, 11) is 1.80. The Labute approximate surface area is 171 Å². The summed E-state index contributed by atoms with van der Waals surface area (Å²) in [5.41, 5.74) is 2.20. The van der Waals surface area contributed by atoms with Crippen LogP contribution in [0.3, 0.4) is 0 Å². The molecule has 0 atom stereocenters. The lowest BCUT2D eigenvalue weighted by molar-refractivity contribution is 0.198. The Kier molecular flexibility index (Phi) is 7.08. The van der Waals surface area contributed by atoms with Gasteiger partial charge in [0.15, 0.2) is 5.96 Å². The molecular formula is C22H31FN4S. The first-order chi connectivity index (χ1) is 13.5. The van der Waals surface area contributed by atoms with Gasteiger partial charge in [0.05, 0.1) is 0 Å².